The zero-order valence-electron chi connectivity index (χ0n) is 22.5. The Kier molecular flexibility index (Phi) is 7.81. The molecule has 2 saturated carbocycles. The Balaban J connectivity index is 1.12. The highest BCUT2D eigenvalue weighted by Gasteiger charge is 2.61. The van der Waals surface area contributed by atoms with Gasteiger partial charge in [-0.25, -0.2) is 0 Å². The molecule has 1 aromatic rings. The molecule has 0 amide bonds. The Labute approximate surface area is 221 Å². The van der Waals surface area contributed by atoms with Gasteiger partial charge in [-0.3, -0.25) is 0 Å². The minimum atomic E-state index is -0.521. The summed E-state index contributed by atoms with van der Waals surface area (Å²) < 4.78 is 44.9. The van der Waals surface area contributed by atoms with E-state index < -0.39 is 17.9 Å². The molecule has 3 heterocycles. The zero-order valence-corrected chi connectivity index (χ0v) is 22.5. The fourth-order valence-corrected chi connectivity index (χ4v) is 6.55. The van der Waals surface area contributed by atoms with Crippen LogP contribution in [0.2, 0.25) is 0 Å². The molecular formula is C30H44O7. The molecule has 0 aromatic heterocycles. The molecule has 5 aliphatic rings. The van der Waals surface area contributed by atoms with Crippen LogP contribution in [0, 0.1) is 5.92 Å². The number of hydrogen-bond acceptors (Lipinski definition) is 7. The molecule has 1 aromatic carbocycles. The maximum absolute atomic E-state index is 6.64. The molecule has 6 rings (SSSR count). The largest absolute Gasteiger partial charge is 0.494 e. The topological polar surface area (TPSA) is 64.6 Å². The number of rotatable bonds is 8. The Bertz CT molecular complexity index is 874. The molecule has 0 radical (unpaired) electrons. The summed E-state index contributed by atoms with van der Waals surface area (Å²) in [4.78, 5) is 0. The van der Waals surface area contributed by atoms with E-state index in [0.29, 0.717) is 19.1 Å². The molecule has 7 nitrogen and oxygen atoms in total. The molecule has 0 unspecified atom stereocenters. The number of ether oxygens (including phenoxy) is 7. The maximum atomic E-state index is 6.64. The van der Waals surface area contributed by atoms with Gasteiger partial charge >= 0.3 is 0 Å². The van der Waals surface area contributed by atoms with Gasteiger partial charge in [-0.2, -0.15) is 0 Å². The van der Waals surface area contributed by atoms with Gasteiger partial charge < -0.3 is 33.2 Å². The van der Waals surface area contributed by atoms with Gasteiger partial charge in [0.15, 0.2) is 17.9 Å². The minimum absolute atomic E-state index is 0.181. The van der Waals surface area contributed by atoms with Gasteiger partial charge in [-0.05, 0) is 55.7 Å². The van der Waals surface area contributed by atoms with Gasteiger partial charge in [0.1, 0.15) is 30.2 Å². The third kappa shape index (κ3) is 5.73. The van der Waals surface area contributed by atoms with Crippen LogP contribution in [0.4, 0.5) is 0 Å². The fraction of sp³-hybridized carbons (Fsp3) is 0.800. The summed E-state index contributed by atoms with van der Waals surface area (Å²) in [5.41, 5.74) is 1.09. The van der Waals surface area contributed by atoms with Gasteiger partial charge in [0.05, 0.1) is 19.8 Å². The number of hydrogen-bond donors (Lipinski definition) is 0. The average Bonchev–Trinajstić information content (AvgIpc) is 3.55. The lowest BCUT2D eigenvalue weighted by molar-refractivity contribution is -0.263. The van der Waals surface area contributed by atoms with Crippen molar-refractivity contribution in [3.63, 3.8) is 0 Å². The van der Waals surface area contributed by atoms with Gasteiger partial charge in [0, 0.05) is 25.7 Å². The van der Waals surface area contributed by atoms with E-state index >= 15 is 0 Å². The molecule has 5 fully saturated rings. The summed E-state index contributed by atoms with van der Waals surface area (Å²) in [5.74, 6) is 0.557. The van der Waals surface area contributed by atoms with Crippen molar-refractivity contribution >= 4 is 0 Å². The van der Waals surface area contributed by atoms with Gasteiger partial charge in [0.2, 0.25) is 0 Å². The molecule has 206 valence electrons. The second-order valence-electron chi connectivity index (χ2n) is 12.0. The first kappa shape index (κ1) is 26.0. The molecule has 5 atom stereocenters. The summed E-state index contributed by atoms with van der Waals surface area (Å²) in [6, 6.07) is 8.20. The summed E-state index contributed by atoms with van der Waals surface area (Å²) in [6.45, 7) is 6.15. The standard InChI is InChI=1S/C30H44O7/c1-21(2)13-18-31-23-11-9-22(10-12-23)19-32-26-25(24-20-33-29(35-24)14-5-3-6-15-29)34-28-27(26)36-30(37-28)16-7-4-8-17-30/h9-12,21,24-28H,3-8,13-20H2,1-2H3/t24-,25-,26-,27-,28+/m1/s1. The lowest BCUT2D eigenvalue weighted by Crippen LogP contribution is -2.45. The zero-order chi connectivity index (χ0) is 25.3. The first-order chi connectivity index (χ1) is 18.0. The average molecular weight is 517 g/mol. The first-order valence-electron chi connectivity index (χ1n) is 14.7. The first-order valence-corrected chi connectivity index (χ1v) is 14.7. The van der Waals surface area contributed by atoms with Crippen molar-refractivity contribution in [1.82, 2.24) is 0 Å². The van der Waals surface area contributed by atoms with Crippen LogP contribution in [0.25, 0.3) is 0 Å². The van der Waals surface area contributed by atoms with Gasteiger partial charge in [-0.1, -0.05) is 38.8 Å². The number of fused-ring (bicyclic) bond motifs is 1. The molecule has 0 N–H and O–H groups in total. The summed E-state index contributed by atoms with van der Waals surface area (Å²) >= 11 is 0. The van der Waals surface area contributed by atoms with Crippen LogP contribution in [-0.4, -0.2) is 55.5 Å². The van der Waals surface area contributed by atoms with Crippen molar-refractivity contribution in [2.45, 2.75) is 133 Å². The normalized spacial score (nSPS) is 34.4. The molecular weight excluding hydrogens is 472 g/mol. The van der Waals surface area contributed by atoms with Crippen molar-refractivity contribution in [3.05, 3.63) is 29.8 Å². The second-order valence-corrected chi connectivity index (χ2v) is 12.0. The Morgan fingerprint density at radius 1 is 0.838 bits per heavy atom. The Hall–Kier alpha value is -1.22. The summed E-state index contributed by atoms with van der Waals surface area (Å²) in [7, 11) is 0. The third-order valence-electron chi connectivity index (χ3n) is 8.69. The molecule has 7 heteroatoms. The van der Waals surface area contributed by atoms with E-state index in [0.717, 1.165) is 75.7 Å². The van der Waals surface area contributed by atoms with Crippen LogP contribution in [-0.2, 0) is 35.0 Å². The van der Waals surface area contributed by atoms with Crippen molar-refractivity contribution in [1.29, 1.82) is 0 Å². The van der Waals surface area contributed by atoms with Crippen LogP contribution >= 0.6 is 0 Å². The van der Waals surface area contributed by atoms with E-state index in [1.807, 2.05) is 12.1 Å². The maximum Gasteiger partial charge on any atom is 0.190 e. The third-order valence-corrected chi connectivity index (χ3v) is 8.69. The van der Waals surface area contributed by atoms with Crippen LogP contribution in [0.1, 0.15) is 90.0 Å². The molecule has 3 saturated heterocycles. The van der Waals surface area contributed by atoms with E-state index in [-0.39, 0.29) is 24.4 Å². The van der Waals surface area contributed by atoms with E-state index in [1.54, 1.807) is 0 Å². The van der Waals surface area contributed by atoms with Crippen molar-refractivity contribution in [2.75, 3.05) is 13.2 Å². The molecule has 2 aliphatic carbocycles. The SMILES string of the molecule is CC(C)CCOc1ccc(CO[C@H]2[C@H]3OC4(CCCCC4)O[C@@H]3O[C@@H]2[C@H]2COC3(CCCCC3)O2)cc1. The highest BCUT2D eigenvalue weighted by atomic mass is 16.9. The van der Waals surface area contributed by atoms with Gasteiger partial charge in [-0.15, -0.1) is 0 Å². The lowest BCUT2D eigenvalue weighted by atomic mass is 9.94. The van der Waals surface area contributed by atoms with Crippen LogP contribution < -0.4 is 4.74 Å². The second kappa shape index (κ2) is 11.1. The van der Waals surface area contributed by atoms with Crippen molar-refractivity contribution in [3.8, 4) is 5.75 Å². The molecule has 0 bridgehead atoms. The Morgan fingerprint density at radius 3 is 2.24 bits per heavy atom. The predicted molar refractivity (Wildman–Crippen MR) is 137 cm³/mol. The van der Waals surface area contributed by atoms with E-state index in [2.05, 4.69) is 26.0 Å². The van der Waals surface area contributed by atoms with E-state index in [4.69, 9.17) is 33.2 Å². The molecule has 2 spiro atoms. The number of benzene rings is 1. The predicted octanol–water partition coefficient (Wildman–Crippen LogP) is 5.87. The van der Waals surface area contributed by atoms with Crippen LogP contribution in [0.15, 0.2) is 24.3 Å². The van der Waals surface area contributed by atoms with E-state index in [9.17, 15) is 0 Å². The Morgan fingerprint density at radius 2 is 1.54 bits per heavy atom. The monoisotopic (exact) mass is 516 g/mol. The lowest BCUT2D eigenvalue weighted by Gasteiger charge is -2.35. The molecule has 37 heavy (non-hydrogen) atoms. The smallest absolute Gasteiger partial charge is 0.190 e. The van der Waals surface area contributed by atoms with Crippen LogP contribution in [0.5, 0.6) is 5.75 Å². The van der Waals surface area contributed by atoms with Crippen LogP contribution in [0.3, 0.4) is 0 Å². The quantitative estimate of drug-likeness (QED) is 0.428. The van der Waals surface area contributed by atoms with Gasteiger partial charge in [0.25, 0.3) is 0 Å². The summed E-state index contributed by atoms with van der Waals surface area (Å²) in [5, 5.41) is 0. The van der Waals surface area contributed by atoms with E-state index in [1.165, 1.54) is 12.8 Å². The summed E-state index contributed by atoms with van der Waals surface area (Å²) in [6.07, 6.45) is 10.4. The molecule has 3 aliphatic heterocycles. The van der Waals surface area contributed by atoms with Crippen molar-refractivity contribution in [2.24, 2.45) is 5.92 Å². The highest BCUT2D eigenvalue weighted by Crippen LogP contribution is 2.48. The fourth-order valence-electron chi connectivity index (χ4n) is 6.55. The highest BCUT2D eigenvalue weighted by molar-refractivity contribution is 5.27. The van der Waals surface area contributed by atoms with Crippen molar-refractivity contribution < 1.29 is 33.2 Å². The minimum Gasteiger partial charge on any atom is -0.494 e.